The van der Waals surface area contributed by atoms with Crippen molar-refractivity contribution in [3.8, 4) is 0 Å². The van der Waals surface area contributed by atoms with E-state index < -0.39 is 21.7 Å². The van der Waals surface area contributed by atoms with E-state index in [1.165, 1.54) is 44.2 Å². The van der Waals surface area contributed by atoms with Crippen LogP contribution in [0.25, 0.3) is 0 Å². The standard InChI is InChI=1S/C23H36N2O4.C7H8O3S/c24-20-3-7-25(8-4-20)21(26)14-15-1-5-22(6-2-15)27-23(29-28-22)18-10-16-9-17(12-18)13-19(23)11-16;1-6-2-4-7(5-3-6)11(8,9)10/h15-20H,1-14,24H2;2-5H,1H3,(H,8,9,10). The van der Waals surface area contributed by atoms with Crippen LogP contribution in [-0.4, -0.2) is 54.5 Å². The van der Waals surface area contributed by atoms with Crippen LogP contribution in [-0.2, 0) is 29.4 Å². The average molecular weight is 577 g/mol. The molecule has 9 nitrogen and oxygen atoms in total. The first-order valence-electron chi connectivity index (χ1n) is 15.2. The molecular weight excluding hydrogens is 532 g/mol. The zero-order valence-electron chi connectivity index (χ0n) is 23.5. The molecule has 2 aliphatic heterocycles. The highest BCUT2D eigenvalue weighted by Gasteiger charge is 2.66. The van der Waals surface area contributed by atoms with Crippen molar-refractivity contribution >= 4 is 16.0 Å². The summed E-state index contributed by atoms with van der Waals surface area (Å²) < 4.78 is 36.3. The van der Waals surface area contributed by atoms with E-state index in [1.54, 1.807) is 12.1 Å². The van der Waals surface area contributed by atoms with Gasteiger partial charge in [0.2, 0.25) is 17.5 Å². The zero-order valence-corrected chi connectivity index (χ0v) is 24.3. The molecule has 0 aromatic heterocycles. The van der Waals surface area contributed by atoms with Crippen molar-refractivity contribution < 1.29 is 32.3 Å². The van der Waals surface area contributed by atoms with Gasteiger partial charge in [-0.25, -0.2) is 0 Å². The minimum atomic E-state index is -4.02. The van der Waals surface area contributed by atoms with Crippen molar-refractivity contribution in [1.82, 2.24) is 4.90 Å². The number of hydrogen-bond donors (Lipinski definition) is 2. The van der Waals surface area contributed by atoms with Crippen LogP contribution in [0.15, 0.2) is 29.2 Å². The highest BCUT2D eigenvalue weighted by atomic mass is 32.2. The Hall–Kier alpha value is -1.56. The molecule has 0 radical (unpaired) electrons. The van der Waals surface area contributed by atoms with Gasteiger partial charge in [0.1, 0.15) is 0 Å². The fraction of sp³-hybridized carbons (Fsp3) is 0.767. The molecule has 10 heteroatoms. The molecule has 7 aliphatic rings. The molecule has 222 valence electrons. The molecule has 1 aromatic carbocycles. The molecule has 2 saturated heterocycles. The van der Waals surface area contributed by atoms with Gasteiger partial charge in [-0.1, -0.05) is 17.7 Å². The summed E-state index contributed by atoms with van der Waals surface area (Å²) in [6.45, 7) is 3.49. The minimum absolute atomic E-state index is 0.0666. The van der Waals surface area contributed by atoms with E-state index in [-0.39, 0.29) is 10.9 Å². The number of amides is 1. The van der Waals surface area contributed by atoms with Crippen LogP contribution in [0.3, 0.4) is 0 Å². The molecule has 40 heavy (non-hydrogen) atoms. The lowest BCUT2D eigenvalue weighted by atomic mass is 9.53. The fourth-order valence-corrected chi connectivity index (χ4v) is 8.83. The van der Waals surface area contributed by atoms with Gasteiger partial charge in [-0.3, -0.25) is 9.35 Å². The van der Waals surface area contributed by atoms with E-state index >= 15 is 0 Å². The summed E-state index contributed by atoms with van der Waals surface area (Å²) in [6.07, 6.45) is 12.6. The van der Waals surface area contributed by atoms with Crippen LogP contribution < -0.4 is 5.73 Å². The predicted molar refractivity (Wildman–Crippen MR) is 147 cm³/mol. The number of nitrogens with zero attached hydrogens (tertiary/aromatic N) is 1. The molecule has 5 aliphatic carbocycles. The van der Waals surface area contributed by atoms with Gasteiger partial charge in [0.25, 0.3) is 10.1 Å². The Morgan fingerprint density at radius 2 is 1.52 bits per heavy atom. The van der Waals surface area contributed by atoms with Crippen LogP contribution in [0.2, 0.25) is 0 Å². The number of rotatable bonds is 3. The molecule has 2 heterocycles. The van der Waals surface area contributed by atoms with Crippen LogP contribution in [0.1, 0.15) is 82.6 Å². The van der Waals surface area contributed by atoms with Crippen LogP contribution >= 0.6 is 0 Å². The molecule has 0 atom stereocenters. The van der Waals surface area contributed by atoms with E-state index in [0.29, 0.717) is 30.1 Å². The van der Waals surface area contributed by atoms with Gasteiger partial charge in [0.15, 0.2) is 0 Å². The van der Waals surface area contributed by atoms with Gasteiger partial charge in [0.05, 0.1) is 4.90 Å². The highest BCUT2D eigenvalue weighted by molar-refractivity contribution is 7.85. The summed E-state index contributed by atoms with van der Waals surface area (Å²) in [4.78, 5) is 26.8. The lowest BCUT2D eigenvalue weighted by Gasteiger charge is -2.57. The van der Waals surface area contributed by atoms with Crippen LogP contribution in [0.4, 0.5) is 0 Å². The van der Waals surface area contributed by atoms with E-state index in [2.05, 4.69) is 0 Å². The fourth-order valence-electron chi connectivity index (χ4n) is 8.35. The first-order valence-corrected chi connectivity index (χ1v) is 16.6. The number of likely N-dealkylation sites (tertiary alicyclic amines) is 1. The van der Waals surface area contributed by atoms with Crippen LogP contribution in [0, 0.1) is 36.5 Å². The number of aryl methyl sites for hydroxylation is 1. The van der Waals surface area contributed by atoms with E-state index in [9.17, 15) is 13.2 Å². The monoisotopic (exact) mass is 576 g/mol. The molecule has 0 unspecified atom stereocenters. The lowest BCUT2D eigenvalue weighted by molar-refractivity contribution is -0.390. The number of carbonyl (C=O) groups is 1. The summed E-state index contributed by atoms with van der Waals surface area (Å²) >= 11 is 0. The third-order valence-electron chi connectivity index (χ3n) is 10.5. The van der Waals surface area contributed by atoms with E-state index in [0.717, 1.165) is 69.0 Å². The van der Waals surface area contributed by atoms with Crippen molar-refractivity contribution in [2.24, 2.45) is 35.3 Å². The Labute approximate surface area is 237 Å². The van der Waals surface area contributed by atoms with Gasteiger partial charge in [-0.05, 0) is 94.6 Å². The maximum absolute atomic E-state index is 12.7. The van der Waals surface area contributed by atoms with Crippen molar-refractivity contribution in [2.75, 3.05) is 13.1 Å². The number of piperidine rings is 1. The largest absolute Gasteiger partial charge is 0.343 e. The molecule has 5 saturated carbocycles. The normalized spacial score (nSPS) is 39.0. The van der Waals surface area contributed by atoms with Gasteiger partial charge < -0.3 is 15.4 Å². The summed E-state index contributed by atoms with van der Waals surface area (Å²) in [5.74, 6) is 2.52. The summed E-state index contributed by atoms with van der Waals surface area (Å²) in [5, 5.41) is 0. The Balaban J connectivity index is 0.000000223. The minimum Gasteiger partial charge on any atom is -0.343 e. The topological polar surface area (TPSA) is 128 Å². The number of benzene rings is 1. The molecule has 1 aromatic rings. The average Bonchev–Trinajstić information content (AvgIpc) is 3.29. The number of carbonyl (C=O) groups excluding carboxylic acids is 1. The van der Waals surface area contributed by atoms with E-state index in [1.807, 2.05) is 11.8 Å². The van der Waals surface area contributed by atoms with Gasteiger partial charge in [0, 0.05) is 50.2 Å². The SMILES string of the molecule is Cc1ccc(S(=O)(=O)O)cc1.NC1CCN(C(=O)CC2CCC3(CC2)OOC2(O3)C3CC4CC(C3)CC2C4)CC1. The Kier molecular flexibility index (Phi) is 7.80. The van der Waals surface area contributed by atoms with Gasteiger partial charge in [-0.15, -0.1) is 0 Å². The van der Waals surface area contributed by atoms with Gasteiger partial charge in [-0.2, -0.15) is 18.2 Å². The Morgan fingerprint density at radius 3 is 2.08 bits per heavy atom. The second-order valence-electron chi connectivity index (χ2n) is 13.4. The third kappa shape index (κ3) is 5.72. The van der Waals surface area contributed by atoms with Crippen molar-refractivity contribution in [3.05, 3.63) is 29.8 Å². The van der Waals surface area contributed by atoms with Crippen molar-refractivity contribution in [1.29, 1.82) is 0 Å². The Bertz CT molecular complexity index is 1140. The van der Waals surface area contributed by atoms with Crippen molar-refractivity contribution in [2.45, 2.75) is 106 Å². The second-order valence-corrected chi connectivity index (χ2v) is 14.8. The predicted octanol–water partition coefficient (Wildman–Crippen LogP) is 4.59. The zero-order chi connectivity index (χ0) is 28.1. The number of ether oxygens (including phenoxy) is 1. The molecule has 4 bridgehead atoms. The first kappa shape index (κ1) is 28.6. The van der Waals surface area contributed by atoms with E-state index in [4.69, 9.17) is 24.8 Å². The maximum atomic E-state index is 12.7. The number of hydrogen-bond acceptors (Lipinski definition) is 7. The highest BCUT2D eigenvalue weighted by Crippen LogP contribution is 2.63. The summed E-state index contributed by atoms with van der Waals surface area (Å²) in [7, 11) is -4.02. The quantitative estimate of drug-likeness (QED) is 0.395. The van der Waals surface area contributed by atoms with Crippen LogP contribution in [0.5, 0.6) is 0 Å². The Morgan fingerprint density at radius 1 is 0.950 bits per heavy atom. The molecular formula is C30H44N2O7S. The molecule has 1 amide bonds. The van der Waals surface area contributed by atoms with Gasteiger partial charge >= 0.3 is 0 Å². The smallest absolute Gasteiger partial charge is 0.294 e. The molecule has 3 N–H and O–H groups in total. The lowest BCUT2D eigenvalue weighted by Crippen LogP contribution is -2.59. The molecule has 8 rings (SSSR count). The number of nitrogens with two attached hydrogens (primary N) is 1. The second kappa shape index (κ2) is 10.9. The van der Waals surface area contributed by atoms with Crippen molar-refractivity contribution in [3.63, 3.8) is 0 Å². The summed E-state index contributed by atoms with van der Waals surface area (Å²) in [5.41, 5.74) is 6.93. The first-order chi connectivity index (χ1) is 19.0. The third-order valence-corrected chi connectivity index (χ3v) is 11.4. The molecule has 7 fully saturated rings. The maximum Gasteiger partial charge on any atom is 0.294 e. The summed E-state index contributed by atoms with van der Waals surface area (Å²) in [6, 6.07) is 6.25. The molecule has 2 spiro atoms.